The first-order chi connectivity index (χ1) is 9.45. The summed E-state index contributed by atoms with van der Waals surface area (Å²) in [6.45, 7) is 3.82. The molecule has 20 heavy (non-hydrogen) atoms. The van der Waals surface area contributed by atoms with Crippen LogP contribution in [0, 0.1) is 19.7 Å². The molecule has 0 bridgehead atoms. The van der Waals surface area contributed by atoms with E-state index < -0.39 is 0 Å². The van der Waals surface area contributed by atoms with Crippen LogP contribution < -0.4 is 5.32 Å². The lowest BCUT2D eigenvalue weighted by molar-refractivity contribution is -0.115. The van der Waals surface area contributed by atoms with E-state index in [2.05, 4.69) is 21.2 Å². The minimum atomic E-state index is -0.388. The maximum Gasteiger partial charge on any atom is 0.228 e. The molecule has 0 saturated carbocycles. The lowest BCUT2D eigenvalue weighted by Crippen LogP contribution is -2.15. The monoisotopic (exact) mass is 335 g/mol. The number of halogens is 2. The number of rotatable bonds is 3. The molecule has 4 heteroatoms. The van der Waals surface area contributed by atoms with Gasteiger partial charge in [-0.1, -0.05) is 29.8 Å². The van der Waals surface area contributed by atoms with Crippen molar-refractivity contribution >= 4 is 27.5 Å². The van der Waals surface area contributed by atoms with Gasteiger partial charge in [0.2, 0.25) is 5.91 Å². The number of amides is 1. The summed E-state index contributed by atoms with van der Waals surface area (Å²) >= 11 is 3.12. The summed E-state index contributed by atoms with van der Waals surface area (Å²) in [6, 6.07) is 10.7. The molecule has 0 aliphatic carbocycles. The lowest BCUT2D eigenvalue weighted by Gasteiger charge is -2.09. The first-order valence-corrected chi connectivity index (χ1v) is 7.06. The molecular formula is C16H15BrFNO. The van der Waals surface area contributed by atoms with Crippen molar-refractivity contribution in [3.8, 4) is 0 Å². The van der Waals surface area contributed by atoms with Crippen molar-refractivity contribution in [1.29, 1.82) is 0 Å². The van der Waals surface area contributed by atoms with E-state index in [0.717, 1.165) is 16.7 Å². The van der Waals surface area contributed by atoms with E-state index in [1.807, 2.05) is 38.1 Å². The van der Waals surface area contributed by atoms with Crippen molar-refractivity contribution in [1.82, 2.24) is 0 Å². The molecule has 0 unspecified atom stereocenters. The fourth-order valence-corrected chi connectivity index (χ4v) is 2.32. The number of hydrogen-bond acceptors (Lipinski definition) is 1. The molecule has 2 nitrogen and oxygen atoms in total. The van der Waals surface area contributed by atoms with Gasteiger partial charge in [-0.05, 0) is 53.0 Å². The van der Waals surface area contributed by atoms with Crippen LogP contribution in [0.3, 0.4) is 0 Å². The van der Waals surface area contributed by atoms with Crippen LogP contribution in [0.5, 0.6) is 0 Å². The van der Waals surface area contributed by atoms with Crippen LogP contribution in [0.15, 0.2) is 40.9 Å². The van der Waals surface area contributed by atoms with Crippen molar-refractivity contribution in [2.75, 3.05) is 5.32 Å². The Morgan fingerprint density at radius 2 is 1.85 bits per heavy atom. The maximum absolute atomic E-state index is 13.5. The summed E-state index contributed by atoms with van der Waals surface area (Å²) in [5.74, 6) is -0.542. The summed E-state index contributed by atoms with van der Waals surface area (Å²) in [5.41, 5.74) is 3.40. The van der Waals surface area contributed by atoms with Crippen LogP contribution in [-0.2, 0) is 11.2 Å². The number of benzene rings is 2. The molecule has 0 heterocycles. The third kappa shape index (κ3) is 3.67. The number of carbonyl (C=O) groups excluding carboxylic acids is 1. The van der Waals surface area contributed by atoms with Gasteiger partial charge in [-0.25, -0.2) is 4.39 Å². The largest absolute Gasteiger partial charge is 0.325 e. The Morgan fingerprint density at radius 1 is 1.20 bits per heavy atom. The quantitative estimate of drug-likeness (QED) is 0.885. The number of carbonyl (C=O) groups is 1. The van der Waals surface area contributed by atoms with E-state index in [0.29, 0.717) is 10.2 Å². The number of aryl methyl sites for hydroxylation is 2. The summed E-state index contributed by atoms with van der Waals surface area (Å²) in [4.78, 5) is 12.0. The molecule has 0 radical (unpaired) electrons. The highest BCUT2D eigenvalue weighted by atomic mass is 79.9. The molecule has 0 atom stereocenters. The molecule has 0 spiro atoms. The van der Waals surface area contributed by atoms with Gasteiger partial charge in [-0.2, -0.15) is 0 Å². The Labute approximate surface area is 126 Å². The van der Waals surface area contributed by atoms with Crippen LogP contribution in [0.1, 0.15) is 16.7 Å². The average Bonchev–Trinajstić information content (AvgIpc) is 2.39. The fourth-order valence-electron chi connectivity index (χ4n) is 1.87. The standard InChI is InChI=1S/C16H15BrFNO/c1-10-3-5-12(6-4-10)8-16(20)19-15-9-14(18)13(17)7-11(15)2/h3-7,9H,8H2,1-2H3,(H,19,20). The molecule has 0 aromatic heterocycles. The normalized spacial score (nSPS) is 10.4. The molecule has 104 valence electrons. The number of hydrogen-bond donors (Lipinski definition) is 1. The molecule has 2 aromatic carbocycles. The molecule has 0 aliphatic heterocycles. The van der Waals surface area contributed by atoms with Gasteiger partial charge >= 0.3 is 0 Å². The molecular weight excluding hydrogens is 321 g/mol. The third-order valence-corrected chi connectivity index (χ3v) is 3.63. The van der Waals surface area contributed by atoms with Crippen molar-refractivity contribution in [3.05, 3.63) is 63.4 Å². The maximum atomic E-state index is 13.5. The van der Waals surface area contributed by atoms with Gasteiger partial charge < -0.3 is 5.32 Å². The molecule has 2 aromatic rings. The van der Waals surface area contributed by atoms with Crippen LogP contribution >= 0.6 is 15.9 Å². The fraction of sp³-hybridized carbons (Fsp3) is 0.188. The van der Waals surface area contributed by atoms with Crippen molar-refractivity contribution < 1.29 is 9.18 Å². The van der Waals surface area contributed by atoms with E-state index in [1.165, 1.54) is 6.07 Å². The topological polar surface area (TPSA) is 29.1 Å². The number of anilines is 1. The second-order valence-corrected chi connectivity index (χ2v) is 5.65. The summed E-state index contributed by atoms with van der Waals surface area (Å²) < 4.78 is 13.9. The highest BCUT2D eigenvalue weighted by Gasteiger charge is 2.09. The summed E-state index contributed by atoms with van der Waals surface area (Å²) in [6.07, 6.45) is 0.275. The Hall–Kier alpha value is -1.68. The molecule has 0 aliphatic rings. The Kier molecular flexibility index (Phi) is 4.55. The van der Waals surface area contributed by atoms with Crippen molar-refractivity contribution in [2.24, 2.45) is 0 Å². The van der Waals surface area contributed by atoms with Crippen LogP contribution in [0.25, 0.3) is 0 Å². The van der Waals surface area contributed by atoms with E-state index in [9.17, 15) is 9.18 Å². The summed E-state index contributed by atoms with van der Waals surface area (Å²) in [7, 11) is 0. The van der Waals surface area contributed by atoms with E-state index in [-0.39, 0.29) is 18.1 Å². The molecule has 1 amide bonds. The van der Waals surface area contributed by atoms with Gasteiger partial charge in [0.1, 0.15) is 5.82 Å². The van der Waals surface area contributed by atoms with E-state index in [1.54, 1.807) is 6.07 Å². The Bertz CT molecular complexity index is 638. The van der Waals surface area contributed by atoms with Crippen molar-refractivity contribution in [2.45, 2.75) is 20.3 Å². The molecule has 0 saturated heterocycles. The van der Waals surface area contributed by atoms with Gasteiger partial charge in [0.15, 0.2) is 0 Å². The van der Waals surface area contributed by atoms with E-state index in [4.69, 9.17) is 0 Å². The van der Waals surface area contributed by atoms with Gasteiger partial charge in [0.25, 0.3) is 0 Å². The first-order valence-electron chi connectivity index (χ1n) is 6.27. The van der Waals surface area contributed by atoms with Crippen LogP contribution in [0.4, 0.5) is 10.1 Å². The van der Waals surface area contributed by atoms with Crippen LogP contribution in [0.2, 0.25) is 0 Å². The molecule has 0 fully saturated rings. The molecule has 2 rings (SSSR count). The minimum absolute atomic E-state index is 0.154. The van der Waals surface area contributed by atoms with Gasteiger partial charge in [-0.15, -0.1) is 0 Å². The zero-order valence-electron chi connectivity index (χ0n) is 11.3. The highest BCUT2D eigenvalue weighted by molar-refractivity contribution is 9.10. The van der Waals surface area contributed by atoms with Crippen LogP contribution in [-0.4, -0.2) is 5.91 Å². The number of nitrogens with one attached hydrogen (secondary N) is 1. The Morgan fingerprint density at radius 3 is 2.50 bits per heavy atom. The first kappa shape index (κ1) is 14.7. The minimum Gasteiger partial charge on any atom is -0.325 e. The predicted octanol–water partition coefficient (Wildman–Crippen LogP) is 4.39. The van der Waals surface area contributed by atoms with Gasteiger partial charge in [-0.3, -0.25) is 4.79 Å². The zero-order valence-corrected chi connectivity index (χ0v) is 12.9. The summed E-state index contributed by atoms with van der Waals surface area (Å²) in [5, 5.41) is 2.74. The average molecular weight is 336 g/mol. The smallest absolute Gasteiger partial charge is 0.228 e. The van der Waals surface area contributed by atoms with E-state index >= 15 is 0 Å². The SMILES string of the molecule is Cc1ccc(CC(=O)Nc2cc(F)c(Br)cc2C)cc1. The molecule has 1 N–H and O–H groups in total. The zero-order chi connectivity index (χ0) is 14.7. The van der Waals surface area contributed by atoms with Gasteiger partial charge in [0, 0.05) is 5.69 Å². The third-order valence-electron chi connectivity index (χ3n) is 3.03. The second kappa shape index (κ2) is 6.18. The predicted molar refractivity (Wildman–Crippen MR) is 82.3 cm³/mol. The highest BCUT2D eigenvalue weighted by Crippen LogP contribution is 2.24. The lowest BCUT2D eigenvalue weighted by atomic mass is 10.1. The van der Waals surface area contributed by atoms with Gasteiger partial charge in [0.05, 0.1) is 10.9 Å². The van der Waals surface area contributed by atoms with Crippen molar-refractivity contribution in [3.63, 3.8) is 0 Å². The second-order valence-electron chi connectivity index (χ2n) is 4.79. The Balaban J connectivity index is 2.08.